The number of para-hydroxylation sites is 1. The molecule has 1 atom stereocenters. The van der Waals surface area contributed by atoms with Crippen LogP contribution in [0.15, 0.2) is 47.4 Å². The maximum absolute atomic E-state index is 13.4. The number of nitrogens with one attached hydrogen (secondary N) is 1. The number of sulfonamides is 1. The van der Waals surface area contributed by atoms with Gasteiger partial charge in [-0.2, -0.15) is 0 Å². The molecule has 0 bridgehead atoms. The molecule has 22 heavy (non-hydrogen) atoms. The van der Waals surface area contributed by atoms with E-state index in [4.69, 9.17) is 4.74 Å². The second kappa shape index (κ2) is 5.70. The zero-order chi connectivity index (χ0) is 15.7. The van der Waals surface area contributed by atoms with Crippen LogP contribution in [0.25, 0.3) is 0 Å². The van der Waals surface area contributed by atoms with E-state index in [0.29, 0.717) is 24.3 Å². The number of hydrogen-bond donors (Lipinski definition) is 1. The lowest BCUT2D eigenvalue weighted by Crippen LogP contribution is -2.32. The van der Waals surface area contributed by atoms with Crippen LogP contribution in [0.3, 0.4) is 0 Å². The summed E-state index contributed by atoms with van der Waals surface area (Å²) in [6, 6.07) is 10.7. The van der Waals surface area contributed by atoms with Gasteiger partial charge in [0.05, 0.1) is 17.5 Å². The van der Waals surface area contributed by atoms with Crippen LogP contribution >= 0.6 is 0 Å². The average molecular weight is 321 g/mol. The van der Waals surface area contributed by atoms with Crippen molar-refractivity contribution in [1.29, 1.82) is 0 Å². The van der Waals surface area contributed by atoms with E-state index in [1.54, 1.807) is 6.92 Å². The molecule has 1 unspecified atom stereocenters. The van der Waals surface area contributed by atoms with Crippen molar-refractivity contribution in [3.05, 3.63) is 59.4 Å². The van der Waals surface area contributed by atoms with E-state index < -0.39 is 15.8 Å². The first kappa shape index (κ1) is 15.0. The van der Waals surface area contributed by atoms with E-state index >= 15 is 0 Å². The fourth-order valence-corrected chi connectivity index (χ4v) is 4.08. The van der Waals surface area contributed by atoms with Crippen molar-refractivity contribution in [3.63, 3.8) is 0 Å². The van der Waals surface area contributed by atoms with Crippen molar-refractivity contribution >= 4 is 10.0 Å². The summed E-state index contributed by atoms with van der Waals surface area (Å²) in [6.45, 7) is 2.08. The number of rotatable bonds is 3. The van der Waals surface area contributed by atoms with Gasteiger partial charge in [0.15, 0.2) is 0 Å². The van der Waals surface area contributed by atoms with Gasteiger partial charge in [0.25, 0.3) is 0 Å². The third-order valence-electron chi connectivity index (χ3n) is 3.70. The van der Waals surface area contributed by atoms with Crippen molar-refractivity contribution < 1.29 is 17.5 Å². The Balaban J connectivity index is 1.95. The molecule has 0 aliphatic carbocycles. The summed E-state index contributed by atoms with van der Waals surface area (Å²) in [7, 11) is -3.80. The minimum Gasteiger partial charge on any atom is -0.493 e. The smallest absolute Gasteiger partial charge is 0.241 e. The summed E-state index contributed by atoms with van der Waals surface area (Å²) in [5, 5.41) is 0. The molecule has 0 spiro atoms. The third-order valence-corrected chi connectivity index (χ3v) is 5.31. The summed E-state index contributed by atoms with van der Waals surface area (Å²) in [4.78, 5) is -0.0310. The Labute approximate surface area is 129 Å². The summed E-state index contributed by atoms with van der Waals surface area (Å²) in [5.41, 5.74) is 1.31. The molecule has 1 N–H and O–H groups in total. The van der Waals surface area contributed by atoms with Gasteiger partial charge >= 0.3 is 0 Å². The normalized spacial score (nSPS) is 17.6. The molecule has 3 rings (SSSR count). The molecule has 2 aromatic rings. The monoisotopic (exact) mass is 321 g/mol. The van der Waals surface area contributed by atoms with Crippen LogP contribution in [-0.2, 0) is 10.0 Å². The fourth-order valence-electron chi connectivity index (χ4n) is 2.58. The third kappa shape index (κ3) is 2.84. The average Bonchev–Trinajstić information content (AvgIpc) is 2.50. The molecule has 6 heteroatoms. The van der Waals surface area contributed by atoms with E-state index in [1.165, 1.54) is 12.1 Å². The van der Waals surface area contributed by atoms with Crippen LogP contribution in [0.5, 0.6) is 5.75 Å². The lowest BCUT2D eigenvalue weighted by atomic mass is 10.0. The van der Waals surface area contributed by atoms with Crippen molar-refractivity contribution in [2.24, 2.45) is 0 Å². The Morgan fingerprint density at radius 3 is 2.82 bits per heavy atom. The van der Waals surface area contributed by atoms with Crippen LogP contribution < -0.4 is 9.46 Å². The number of ether oxygens (including phenoxy) is 1. The Morgan fingerprint density at radius 1 is 1.23 bits per heavy atom. The van der Waals surface area contributed by atoms with Crippen LogP contribution in [0, 0.1) is 12.7 Å². The van der Waals surface area contributed by atoms with Crippen LogP contribution in [-0.4, -0.2) is 15.0 Å². The Bertz CT molecular complexity index is 805. The fraction of sp³-hybridized carbons (Fsp3) is 0.250. The van der Waals surface area contributed by atoms with Crippen molar-refractivity contribution in [2.75, 3.05) is 6.61 Å². The lowest BCUT2D eigenvalue weighted by molar-refractivity contribution is 0.263. The van der Waals surface area contributed by atoms with Gasteiger partial charge < -0.3 is 4.74 Å². The molecular formula is C16H16FNO3S. The van der Waals surface area contributed by atoms with Crippen molar-refractivity contribution in [2.45, 2.75) is 24.3 Å². The molecule has 0 aromatic heterocycles. The van der Waals surface area contributed by atoms with Crippen LogP contribution in [0.4, 0.5) is 4.39 Å². The molecule has 1 heterocycles. The van der Waals surface area contributed by atoms with Crippen LogP contribution in [0.1, 0.15) is 23.6 Å². The first-order chi connectivity index (χ1) is 10.5. The maximum atomic E-state index is 13.4. The van der Waals surface area contributed by atoms with Gasteiger partial charge in [0.2, 0.25) is 10.0 Å². The van der Waals surface area contributed by atoms with E-state index in [0.717, 1.165) is 11.6 Å². The van der Waals surface area contributed by atoms with Gasteiger partial charge in [-0.1, -0.05) is 24.3 Å². The predicted molar refractivity (Wildman–Crippen MR) is 80.8 cm³/mol. The van der Waals surface area contributed by atoms with E-state index in [-0.39, 0.29) is 10.9 Å². The molecule has 2 aromatic carbocycles. The molecule has 4 nitrogen and oxygen atoms in total. The quantitative estimate of drug-likeness (QED) is 0.945. The van der Waals surface area contributed by atoms with E-state index in [9.17, 15) is 12.8 Å². The highest BCUT2D eigenvalue weighted by Crippen LogP contribution is 2.32. The minimum absolute atomic E-state index is 0.0310. The molecule has 0 radical (unpaired) electrons. The van der Waals surface area contributed by atoms with Crippen molar-refractivity contribution in [3.8, 4) is 5.75 Å². The molecular weight excluding hydrogens is 305 g/mol. The number of hydrogen-bond acceptors (Lipinski definition) is 3. The molecule has 116 valence electrons. The van der Waals surface area contributed by atoms with Gasteiger partial charge in [-0.3, -0.25) is 0 Å². The topological polar surface area (TPSA) is 55.4 Å². The molecule has 0 fully saturated rings. The van der Waals surface area contributed by atoms with Gasteiger partial charge in [0.1, 0.15) is 11.6 Å². The molecule has 0 saturated heterocycles. The molecule has 0 amide bonds. The zero-order valence-corrected chi connectivity index (χ0v) is 12.9. The zero-order valence-electron chi connectivity index (χ0n) is 12.0. The van der Waals surface area contributed by atoms with E-state index in [2.05, 4.69) is 4.72 Å². The van der Waals surface area contributed by atoms with E-state index in [1.807, 2.05) is 24.3 Å². The standard InChI is InChI=1S/C16H16FNO3S/c1-11-6-7-12(17)10-16(11)22(19,20)18-14-8-9-21-15-5-3-2-4-13(14)15/h2-7,10,14,18H,8-9H2,1H3. The van der Waals surface area contributed by atoms with Gasteiger partial charge in [-0.15, -0.1) is 0 Å². The second-order valence-corrected chi connectivity index (χ2v) is 6.94. The summed E-state index contributed by atoms with van der Waals surface area (Å²) < 4.78 is 46.7. The molecule has 1 aliphatic rings. The highest BCUT2D eigenvalue weighted by molar-refractivity contribution is 7.89. The Hall–Kier alpha value is -1.92. The summed E-state index contributed by atoms with van der Waals surface area (Å²) in [6.07, 6.45) is 0.532. The summed E-state index contributed by atoms with van der Waals surface area (Å²) >= 11 is 0. The highest BCUT2D eigenvalue weighted by atomic mass is 32.2. The van der Waals surface area contributed by atoms with Crippen LogP contribution in [0.2, 0.25) is 0 Å². The lowest BCUT2D eigenvalue weighted by Gasteiger charge is -2.26. The van der Waals surface area contributed by atoms with Crippen molar-refractivity contribution in [1.82, 2.24) is 4.72 Å². The largest absolute Gasteiger partial charge is 0.493 e. The SMILES string of the molecule is Cc1ccc(F)cc1S(=O)(=O)NC1CCOc2ccccc21. The first-order valence-electron chi connectivity index (χ1n) is 6.97. The molecule has 0 saturated carbocycles. The maximum Gasteiger partial charge on any atom is 0.241 e. The second-order valence-electron chi connectivity index (χ2n) is 5.26. The summed E-state index contributed by atoms with van der Waals surface area (Å²) in [5.74, 6) is 0.107. The minimum atomic E-state index is -3.80. The Kier molecular flexibility index (Phi) is 3.88. The van der Waals surface area contributed by atoms with Gasteiger partial charge in [0, 0.05) is 12.0 Å². The van der Waals surface area contributed by atoms with Gasteiger partial charge in [-0.05, 0) is 30.7 Å². The Morgan fingerprint density at radius 2 is 2.00 bits per heavy atom. The number of fused-ring (bicyclic) bond motifs is 1. The first-order valence-corrected chi connectivity index (χ1v) is 8.46. The number of halogens is 1. The highest BCUT2D eigenvalue weighted by Gasteiger charge is 2.27. The molecule has 1 aliphatic heterocycles. The predicted octanol–water partition coefficient (Wildman–Crippen LogP) is 2.94. The number of aryl methyl sites for hydroxylation is 1. The van der Waals surface area contributed by atoms with Gasteiger partial charge in [-0.25, -0.2) is 17.5 Å². The number of benzene rings is 2.